The van der Waals surface area contributed by atoms with Crippen molar-refractivity contribution in [1.82, 2.24) is 9.97 Å². The number of hydrogen-bond donors (Lipinski definition) is 2. The molecule has 0 aliphatic rings. The first-order valence-corrected chi connectivity index (χ1v) is 9.48. The normalized spacial score (nSPS) is 10.6. The maximum Gasteiger partial charge on any atom is 0.339 e. The first-order valence-electron chi connectivity index (χ1n) is 8.66. The summed E-state index contributed by atoms with van der Waals surface area (Å²) < 4.78 is 10.5. The second kappa shape index (κ2) is 8.26. The zero-order valence-corrected chi connectivity index (χ0v) is 16.9. The quantitative estimate of drug-likeness (QED) is 0.602. The largest absolute Gasteiger partial charge is 0.496 e. The monoisotopic (exact) mass is 399 g/mol. The molecule has 0 atom stereocenters. The fourth-order valence-corrected chi connectivity index (χ4v) is 3.62. The molecule has 2 heterocycles. The molecule has 28 heavy (non-hydrogen) atoms. The van der Waals surface area contributed by atoms with Gasteiger partial charge < -0.3 is 19.9 Å². The van der Waals surface area contributed by atoms with Gasteiger partial charge >= 0.3 is 5.97 Å². The Morgan fingerprint density at radius 3 is 2.57 bits per heavy atom. The summed E-state index contributed by atoms with van der Waals surface area (Å²) in [6.45, 7) is 3.99. The number of nitrogens with zero attached hydrogens (tertiary/aromatic N) is 2. The van der Waals surface area contributed by atoms with Gasteiger partial charge in [0.2, 0.25) is 0 Å². The minimum Gasteiger partial charge on any atom is -0.496 e. The number of anilines is 2. The molecule has 8 heteroatoms. The number of ether oxygens (including phenoxy) is 2. The maximum atomic E-state index is 11.3. The molecule has 146 valence electrons. The lowest BCUT2D eigenvalue weighted by Gasteiger charge is -2.15. The minimum absolute atomic E-state index is 0.106. The summed E-state index contributed by atoms with van der Waals surface area (Å²) in [7, 11) is 3.07. The van der Waals surface area contributed by atoms with E-state index in [9.17, 15) is 9.90 Å². The van der Waals surface area contributed by atoms with Gasteiger partial charge in [-0.2, -0.15) is 0 Å². The Bertz CT molecular complexity index is 1020. The highest BCUT2D eigenvalue weighted by atomic mass is 32.1. The van der Waals surface area contributed by atoms with E-state index in [1.54, 1.807) is 19.2 Å². The first kappa shape index (κ1) is 19.6. The smallest absolute Gasteiger partial charge is 0.339 e. The van der Waals surface area contributed by atoms with Crippen molar-refractivity contribution in [1.29, 1.82) is 0 Å². The van der Waals surface area contributed by atoms with Gasteiger partial charge in [0.1, 0.15) is 17.1 Å². The van der Waals surface area contributed by atoms with Crippen LogP contribution in [0.5, 0.6) is 10.8 Å². The van der Waals surface area contributed by atoms with Crippen LogP contribution in [0, 0.1) is 6.92 Å². The van der Waals surface area contributed by atoms with Crippen LogP contribution in [0.25, 0.3) is 10.7 Å². The Labute approximate surface area is 167 Å². The number of rotatable bonds is 7. The molecule has 0 spiro atoms. The van der Waals surface area contributed by atoms with E-state index in [0.717, 1.165) is 27.6 Å². The van der Waals surface area contributed by atoms with Gasteiger partial charge in [0.25, 0.3) is 0 Å². The number of nitrogens with one attached hydrogen (secondary N) is 1. The van der Waals surface area contributed by atoms with Crippen LogP contribution in [-0.2, 0) is 6.42 Å². The molecule has 3 aromatic rings. The third-order valence-electron chi connectivity index (χ3n) is 4.27. The summed E-state index contributed by atoms with van der Waals surface area (Å²) in [5, 5.41) is 13.3. The average Bonchev–Trinajstić information content (AvgIpc) is 3.16. The van der Waals surface area contributed by atoms with E-state index in [-0.39, 0.29) is 11.3 Å². The number of benzene rings is 1. The summed E-state index contributed by atoms with van der Waals surface area (Å²) in [6, 6.07) is 8.66. The second-order valence-electron chi connectivity index (χ2n) is 5.98. The molecule has 0 amide bonds. The molecule has 0 saturated carbocycles. The molecule has 0 unspecified atom stereocenters. The number of carboxylic acid groups (broad SMARTS) is 1. The van der Waals surface area contributed by atoms with Crippen LogP contribution in [0.4, 0.5) is 11.5 Å². The highest BCUT2D eigenvalue weighted by Gasteiger charge is 2.16. The van der Waals surface area contributed by atoms with Crippen LogP contribution >= 0.6 is 11.3 Å². The van der Waals surface area contributed by atoms with Crippen molar-refractivity contribution in [2.45, 2.75) is 20.3 Å². The molecule has 3 rings (SSSR count). The van der Waals surface area contributed by atoms with Gasteiger partial charge in [-0.25, -0.2) is 14.8 Å². The van der Waals surface area contributed by atoms with Gasteiger partial charge in [0, 0.05) is 23.0 Å². The number of hydrogen-bond acceptors (Lipinski definition) is 7. The Hall–Kier alpha value is -3.13. The number of aromatic nitrogens is 2. The fraction of sp³-hybridized carbons (Fsp3) is 0.250. The highest BCUT2D eigenvalue weighted by molar-refractivity contribution is 7.17. The van der Waals surface area contributed by atoms with Crippen molar-refractivity contribution in [3.8, 4) is 21.5 Å². The third kappa shape index (κ3) is 3.91. The molecular formula is C20H21N3O4S. The van der Waals surface area contributed by atoms with E-state index in [0.29, 0.717) is 17.3 Å². The predicted molar refractivity (Wildman–Crippen MR) is 109 cm³/mol. The van der Waals surface area contributed by atoms with Crippen molar-refractivity contribution in [3.63, 3.8) is 0 Å². The van der Waals surface area contributed by atoms with E-state index in [1.165, 1.54) is 24.5 Å². The fourth-order valence-electron chi connectivity index (χ4n) is 2.87. The standard InChI is InChI=1S/C20H21N3O4S/c1-5-13-11(2)21-19(16-8-9-17(27-4)28-16)23-18(13)22-12-6-7-14(20(24)25)15(10-12)26-3/h6-10H,5H2,1-4H3,(H,24,25)(H,21,22,23). The zero-order chi connectivity index (χ0) is 20.3. The van der Waals surface area contributed by atoms with Crippen LogP contribution < -0.4 is 14.8 Å². The minimum atomic E-state index is -1.04. The summed E-state index contributed by atoms with van der Waals surface area (Å²) >= 11 is 1.47. The lowest BCUT2D eigenvalue weighted by atomic mass is 10.1. The first-order chi connectivity index (χ1) is 13.5. The number of carboxylic acids is 1. The number of aromatic carboxylic acids is 1. The van der Waals surface area contributed by atoms with E-state index < -0.39 is 5.97 Å². The van der Waals surface area contributed by atoms with Crippen molar-refractivity contribution in [3.05, 3.63) is 47.2 Å². The summed E-state index contributed by atoms with van der Waals surface area (Å²) in [6.07, 6.45) is 0.757. The van der Waals surface area contributed by atoms with Crippen LogP contribution in [0.1, 0.15) is 28.5 Å². The van der Waals surface area contributed by atoms with E-state index in [1.807, 2.05) is 26.0 Å². The number of carbonyl (C=O) groups is 1. The van der Waals surface area contributed by atoms with Crippen molar-refractivity contribution in [2.75, 3.05) is 19.5 Å². The van der Waals surface area contributed by atoms with Gasteiger partial charge in [-0.3, -0.25) is 0 Å². The average molecular weight is 399 g/mol. The number of thiophene rings is 1. The molecule has 7 nitrogen and oxygen atoms in total. The lowest BCUT2D eigenvalue weighted by Crippen LogP contribution is -2.06. The molecule has 1 aromatic carbocycles. The Balaban J connectivity index is 2.02. The van der Waals surface area contributed by atoms with Crippen molar-refractivity contribution >= 4 is 28.8 Å². The SMILES string of the molecule is CCc1c(C)nc(-c2ccc(OC)s2)nc1Nc1ccc(C(=O)O)c(OC)c1. The number of aryl methyl sites for hydroxylation is 1. The third-order valence-corrected chi connectivity index (χ3v) is 5.31. The van der Waals surface area contributed by atoms with Gasteiger partial charge in [-0.1, -0.05) is 18.3 Å². The summed E-state index contributed by atoms with van der Waals surface area (Å²) in [5.74, 6) is 0.538. The number of methoxy groups -OCH3 is 2. The molecule has 0 radical (unpaired) electrons. The Kier molecular flexibility index (Phi) is 5.79. The van der Waals surface area contributed by atoms with Gasteiger partial charge in [-0.15, -0.1) is 0 Å². The molecule has 0 aliphatic carbocycles. The van der Waals surface area contributed by atoms with Gasteiger partial charge in [0.05, 0.1) is 19.1 Å². The molecule has 0 bridgehead atoms. The van der Waals surface area contributed by atoms with Crippen LogP contribution in [-0.4, -0.2) is 35.3 Å². The van der Waals surface area contributed by atoms with Crippen LogP contribution in [0.3, 0.4) is 0 Å². The zero-order valence-electron chi connectivity index (χ0n) is 16.1. The second-order valence-corrected chi connectivity index (χ2v) is 7.03. The topological polar surface area (TPSA) is 93.6 Å². The molecule has 0 saturated heterocycles. The Morgan fingerprint density at radius 2 is 1.96 bits per heavy atom. The molecule has 0 fully saturated rings. The van der Waals surface area contributed by atoms with E-state index in [2.05, 4.69) is 10.3 Å². The summed E-state index contributed by atoms with van der Waals surface area (Å²) in [4.78, 5) is 21.5. The molecule has 2 aromatic heterocycles. The molecule has 2 N–H and O–H groups in total. The van der Waals surface area contributed by atoms with Gasteiger partial charge in [0.15, 0.2) is 10.9 Å². The molecular weight excluding hydrogens is 378 g/mol. The lowest BCUT2D eigenvalue weighted by molar-refractivity contribution is 0.0693. The van der Waals surface area contributed by atoms with Crippen LogP contribution in [0.15, 0.2) is 30.3 Å². The van der Waals surface area contributed by atoms with Crippen LogP contribution in [0.2, 0.25) is 0 Å². The van der Waals surface area contributed by atoms with Crippen molar-refractivity contribution in [2.24, 2.45) is 0 Å². The Morgan fingerprint density at radius 1 is 1.18 bits per heavy atom. The predicted octanol–water partition coefficient (Wildman–Crippen LogP) is 4.53. The van der Waals surface area contributed by atoms with E-state index >= 15 is 0 Å². The van der Waals surface area contributed by atoms with E-state index in [4.69, 9.17) is 14.5 Å². The highest BCUT2D eigenvalue weighted by Crippen LogP contribution is 2.33. The van der Waals surface area contributed by atoms with Crippen molar-refractivity contribution < 1.29 is 19.4 Å². The summed E-state index contributed by atoms with van der Waals surface area (Å²) in [5.41, 5.74) is 2.67. The molecule has 0 aliphatic heterocycles. The maximum absolute atomic E-state index is 11.3. The van der Waals surface area contributed by atoms with Gasteiger partial charge in [-0.05, 0) is 37.6 Å².